The zero-order valence-electron chi connectivity index (χ0n) is 18.0. The molecule has 3 aromatic rings. The molecule has 0 spiro atoms. The molecular formula is C24H27Cl2N5O. The highest BCUT2D eigenvalue weighted by Crippen LogP contribution is 2.44. The van der Waals surface area contributed by atoms with Crippen molar-refractivity contribution in [3.05, 3.63) is 75.5 Å². The third kappa shape index (κ3) is 4.05. The third-order valence-corrected chi connectivity index (χ3v) is 7.43. The molecule has 0 N–H and O–H groups in total. The Morgan fingerprint density at radius 2 is 1.62 bits per heavy atom. The summed E-state index contributed by atoms with van der Waals surface area (Å²) in [5, 5.41) is 14.8. The van der Waals surface area contributed by atoms with E-state index >= 15 is 0 Å². The van der Waals surface area contributed by atoms with Gasteiger partial charge < -0.3 is 4.74 Å². The van der Waals surface area contributed by atoms with Gasteiger partial charge in [0, 0.05) is 23.1 Å². The van der Waals surface area contributed by atoms with Gasteiger partial charge in [0.2, 0.25) is 0 Å². The van der Waals surface area contributed by atoms with E-state index in [-0.39, 0.29) is 11.6 Å². The van der Waals surface area contributed by atoms with Crippen molar-refractivity contribution in [2.75, 3.05) is 26.3 Å². The van der Waals surface area contributed by atoms with Gasteiger partial charge in [-0.1, -0.05) is 72.8 Å². The highest BCUT2D eigenvalue weighted by molar-refractivity contribution is 6.31. The van der Waals surface area contributed by atoms with Gasteiger partial charge in [-0.25, -0.2) is 4.68 Å². The summed E-state index contributed by atoms with van der Waals surface area (Å²) >= 11 is 12.9. The lowest BCUT2D eigenvalue weighted by Gasteiger charge is -2.47. The minimum absolute atomic E-state index is 0.197. The first kappa shape index (κ1) is 21.8. The molecule has 1 atom stereocenters. The predicted molar refractivity (Wildman–Crippen MR) is 125 cm³/mol. The average Bonchev–Trinajstić information content (AvgIpc) is 3.33. The molecule has 168 valence electrons. The Balaban J connectivity index is 1.66. The number of ether oxygens (including phenoxy) is 1. The number of halogens is 2. The molecule has 2 aromatic carbocycles. The van der Waals surface area contributed by atoms with Crippen molar-refractivity contribution in [1.82, 2.24) is 25.1 Å². The molecular weight excluding hydrogens is 445 g/mol. The van der Waals surface area contributed by atoms with E-state index in [2.05, 4.69) is 26.5 Å². The van der Waals surface area contributed by atoms with Crippen molar-refractivity contribution in [2.24, 2.45) is 0 Å². The second kappa shape index (κ2) is 9.48. The van der Waals surface area contributed by atoms with Crippen LogP contribution in [0, 0.1) is 0 Å². The zero-order valence-corrected chi connectivity index (χ0v) is 19.5. The molecule has 2 aliphatic rings. The highest BCUT2D eigenvalue weighted by Gasteiger charge is 2.45. The summed E-state index contributed by atoms with van der Waals surface area (Å²) in [6.07, 6.45) is 5.68. The fraction of sp³-hybridized carbons (Fsp3) is 0.458. The molecule has 1 saturated carbocycles. The Hall–Kier alpha value is -1.99. The molecule has 1 aliphatic heterocycles. The van der Waals surface area contributed by atoms with Crippen molar-refractivity contribution < 1.29 is 4.74 Å². The fourth-order valence-electron chi connectivity index (χ4n) is 5.28. The lowest BCUT2D eigenvalue weighted by Crippen LogP contribution is -2.53. The van der Waals surface area contributed by atoms with Crippen LogP contribution >= 0.6 is 23.2 Å². The zero-order chi connectivity index (χ0) is 22.0. The van der Waals surface area contributed by atoms with Crippen LogP contribution in [-0.2, 0) is 10.3 Å². The van der Waals surface area contributed by atoms with Crippen LogP contribution in [0.5, 0.6) is 0 Å². The number of hydrogen-bond donors (Lipinski definition) is 0. The number of tetrazole rings is 1. The van der Waals surface area contributed by atoms with Gasteiger partial charge in [-0.3, -0.25) is 4.90 Å². The summed E-state index contributed by atoms with van der Waals surface area (Å²) in [4.78, 5) is 2.55. The molecule has 2 fully saturated rings. The number of morpholine rings is 1. The Labute approximate surface area is 198 Å². The predicted octanol–water partition coefficient (Wildman–Crippen LogP) is 5.11. The SMILES string of the molecule is Clc1ccc([C@H](c2ccccc2Cl)n2nnnc2C2(N3CCOCC3)CCCCC2)cc1. The van der Waals surface area contributed by atoms with Crippen LogP contribution in [0.15, 0.2) is 48.5 Å². The number of benzene rings is 2. The van der Waals surface area contributed by atoms with Gasteiger partial charge in [-0.05, 0) is 52.6 Å². The second-order valence-corrected chi connectivity index (χ2v) is 9.46. The summed E-state index contributed by atoms with van der Waals surface area (Å²) < 4.78 is 7.66. The van der Waals surface area contributed by atoms with Crippen molar-refractivity contribution in [3.8, 4) is 0 Å². The topological polar surface area (TPSA) is 56.1 Å². The molecule has 8 heteroatoms. The average molecular weight is 472 g/mol. The van der Waals surface area contributed by atoms with Crippen LogP contribution in [0.2, 0.25) is 10.0 Å². The van der Waals surface area contributed by atoms with Gasteiger partial charge in [0.1, 0.15) is 6.04 Å². The lowest BCUT2D eigenvalue weighted by atomic mass is 9.78. The first-order valence-corrected chi connectivity index (χ1v) is 12.1. The van der Waals surface area contributed by atoms with E-state index in [4.69, 9.17) is 27.9 Å². The number of rotatable bonds is 5. The van der Waals surface area contributed by atoms with Crippen molar-refractivity contribution in [3.63, 3.8) is 0 Å². The molecule has 0 bridgehead atoms. The Bertz CT molecular complexity index is 1040. The first-order chi connectivity index (χ1) is 15.7. The van der Waals surface area contributed by atoms with E-state index in [1.165, 1.54) is 19.3 Å². The minimum Gasteiger partial charge on any atom is -0.379 e. The third-order valence-electron chi connectivity index (χ3n) is 6.84. The van der Waals surface area contributed by atoms with Crippen LogP contribution in [0.3, 0.4) is 0 Å². The highest BCUT2D eigenvalue weighted by atomic mass is 35.5. The summed E-state index contributed by atoms with van der Waals surface area (Å²) in [6, 6.07) is 15.6. The molecule has 1 aliphatic carbocycles. The number of aromatic nitrogens is 4. The monoisotopic (exact) mass is 471 g/mol. The van der Waals surface area contributed by atoms with Gasteiger partial charge >= 0.3 is 0 Å². The Morgan fingerprint density at radius 3 is 2.34 bits per heavy atom. The van der Waals surface area contributed by atoms with Crippen LogP contribution in [0.25, 0.3) is 0 Å². The minimum atomic E-state index is -0.245. The van der Waals surface area contributed by atoms with Crippen molar-refractivity contribution >= 4 is 23.2 Å². The van der Waals surface area contributed by atoms with Gasteiger partial charge in [0.05, 0.1) is 18.8 Å². The normalized spacial score (nSPS) is 20.2. The standard InChI is InChI=1S/C24H27Cl2N5O/c25-19-10-8-18(9-11-19)22(20-6-2-3-7-21(20)26)31-23(27-28-29-31)24(12-4-1-5-13-24)30-14-16-32-17-15-30/h2-3,6-11,22H,1,4-5,12-17H2/t22-/m1/s1. The molecule has 0 unspecified atom stereocenters. The van der Waals surface area contributed by atoms with Crippen LogP contribution in [0.4, 0.5) is 0 Å². The van der Waals surface area contributed by atoms with E-state index in [9.17, 15) is 0 Å². The molecule has 0 amide bonds. The van der Waals surface area contributed by atoms with E-state index in [0.29, 0.717) is 10.0 Å². The summed E-state index contributed by atoms with van der Waals surface area (Å²) in [5.74, 6) is 0.916. The smallest absolute Gasteiger partial charge is 0.172 e. The lowest BCUT2D eigenvalue weighted by molar-refractivity contribution is -0.0462. The summed E-state index contributed by atoms with van der Waals surface area (Å²) in [7, 11) is 0. The molecule has 0 radical (unpaired) electrons. The molecule has 32 heavy (non-hydrogen) atoms. The molecule has 5 rings (SSSR count). The summed E-state index contributed by atoms with van der Waals surface area (Å²) in [6.45, 7) is 3.28. The fourth-order valence-corrected chi connectivity index (χ4v) is 5.64. The molecule has 2 heterocycles. The molecule has 1 saturated heterocycles. The van der Waals surface area contributed by atoms with Crippen molar-refractivity contribution in [2.45, 2.75) is 43.7 Å². The maximum Gasteiger partial charge on any atom is 0.172 e. The number of nitrogens with zero attached hydrogens (tertiary/aromatic N) is 5. The number of hydrogen-bond acceptors (Lipinski definition) is 5. The second-order valence-electron chi connectivity index (χ2n) is 8.61. The maximum absolute atomic E-state index is 6.70. The van der Waals surface area contributed by atoms with Crippen LogP contribution < -0.4 is 0 Å². The van der Waals surface area contributed by atoms with E-state index in [1.54, 1.807) is 0 Å². The van der Waals surface area contributed by atoms with Crippen LogP contribution in [0.1, 0.15) is 55.1 Å². The van der Waals surface area contributed by atoms with Gasteiger partial charge in [-0.2, -0.15) is 0 Å². The maximum atomic E-state index is 6.70. The summed E-state index contributed by atoms with van der Waals surface area (Å²) in [5.41, 5.74) is 1.82. The molecule has 1 aromatic heterocycles. The van der Waals surface area contributed by atoms with E-state index in [1.807, 2.05) is 47.1 Å². The van der Waals surface area contributed by atoms with E-state index in [0.717, 1.165) is 56.1 Å². The quantitative estimate of drug-likeness (QED) is 0.517. The molecule has 6 nitrogen and oxygen atoms in total. The Morgan fingerprint density at radius 1 is 0.906 bits per heavy atom. The van der Waals surface area contributed by atoms with Gasteiger partial charge in [0.25, 0.3) is 0 Å². The van der Waals surface area contributed by atoms with Gasteiger partial charge in [0.15, 0.2) is 5.82 Å². The first-order valence-electron chi connectivity index (χ1n) is 11.3. The largest absolute Gasteiger partial charge is 0.379 e. The van der Waals surface area contributed by atoms with Gasteiger partial charge in [-0.15, -0.1) is 5.10 Å². The van der Waals surface area contributed by atoms with E-state index < -0.39 is 0 Å². The van der Waals surface area contributed by atoms with Crippen LogP contribution in [-0.4, -0.2) is 51.4 Å². The Kier molecular flexibility index (Phi) is 6.47. The van der Waals surface area contributed by atoms with Crippen molar-refractivity contribution in [1.29, 1.82) is 0 Å².